The summed E-state index contributed by atoms with van der Waals surface area (Å²) in [6.07, 6.45) is 2.20. The van der Waals surface area contributed by atoms with E-state index in [1.165, 1.54) is 0 Å². The van der Waals surface area contributed by atoms with E-state index >= 15 is 0 Å². The number of benzene rings is 2. The zero-order valence-electron chi connectivity index (χ0n) is 12.9. The molecule has 0 radical (unpaired) electrons. The Morgan fingerprint density at radius 1 is 0.955 bits per heavy atom. The molecule has 3 nitrogen and oxygen atoms in total. The standard InChI is InChI=1S/C18H23NO2S/c1-2-3-14-22(20,21)19-18(17-12-8-5-9-13-17)15-16-10-6-4-7-11-16/h4-13,18-19H,2-3,14-15H2,1H3/t18-/m0/s1. The maximum Gasteiger partial charge on any atom is 0.212 e. The van der Waals surface area contributed by atoms with Crippen LogP contribution in [0.25, 0.3) is 0 Å². The second-order valence-electron chi connectivity index (χ2n) is 5.44. The van der Waals surface area contributed by atoms with E-state index in [4.69, 9.17) is 0 Å². The molecule has 0 bridgehead atoms. The van der Waals surface area contributed by atoms with Crippen molar-refractivity contribution in [3.8, 4) is 0 Å². The number of hydrogen-bond donors (Lipinski definition) is 1. The smallest absolute Gasteiger partial charge is 0.212 e. The predicted octanol–water partition coefficient (Wildman–Crippen LogP) is 3.69. The highest BCUT2D eigenvalue weighted by molar-refractivity contribution is 7.89. The van der Waals surface area contributed by atoms with E-state index in [0.717, 1.165) is 17.5 Å². The Kier molecular flexibility index (Phi) is 6.16. The van der Waals surface area contributed by atoms with E-state index in [2.05, 4.69) is 4.72 Å². The number of nitrogens with one attached hydrogen (secondary N) is 1. The Balaban J connectivity index is 2.19. The fraction of sp³-hybridized carbons (Fsp3) is 0.333. The summed E-state index contributed by atoms with van der Waals surface area (Å²) in [6, 6.07) is 19.5. The van der Waals surface area contributed by atoms with Crippen LogP contribution in [-0.4, -0.2) is 14.2 Å². The Bertz CT molecular complexity index is 654. The van der Waals surface area contributed by atoms with Crippen molar-refractivity contribution < 1.29 is 8.42 Å². The molecule has 1 N–H and O–H groups in total. The molecule has 0 heterocycles. The van der Waals surface area contributed by atoms with E-state index in [1.54, 1.807) is 0 Å². The quantitative estimate of drug-likeness (QED) is 0.807. The second kappa shape index (κ2) is 8.11. The van der Waals surface area contributed by atoms with E-state index in [1.807, 2.05) is 67.6 Å². The first-order valence-electron chi connectivity index (χ1n) is 7.69. The molecule has 0 amide bonds. The van der Waals surface area contributed by atoms with Gasteiger partial charge in [-0.2, -0.15) is 0 Å². The minimum absolute atomic E-state index is 0.182. The molecule has 0 fully saturated rings. The van der Waals surface area contributed by atoms with Crippen LogP contribution in [-0.2, 0) is 16.4 Å². The van der Waals surface area contributed by atoms with Gasteiger partial charge in [0.05, 0.1) is 11.8 Å². The minimum Gasteiger partial charge on any atom is -0.212 e. The molecule has 0 aliphatic carbocycles. The summed E-state index contributed by atoms with van der Waals surface area (Å²) in [5.74, 6) is 0.182. The normalized spacial score (nSPS) is 13.0. The minimum atomic E-state index is -3.26. The predicted molar refractivity (Wildman–Crippen MR) is 91.2 cm³/mol. The van der Waals surface area contributed by atoms with E-state index in [9.17, 15) is 8.42 Å². The van der Waals surface area contributed by atoms with Crippen LogP contribution in [0, 0.1) is 0 Å². The van der Waals surface area contributed by atoms with Gasteiger partial charge in [0.2, 0.25) is 10.0 Å². The van der Waals surface area contributed by atoms with Gasteiger partial charge in [-0.05, 0) is 24.0 Å². The Morgan fingerprint density at radius 2 is 1.55 bits per heavy atom. The lowest BCUT2D eigenvalue weighted by Gasteiger charge is -2.19. The topological polar surface area (TPSA) is 46.2 Å². The molecule has 0 unspecified atom stereocenters. The lowest BCUT2D eigenvalue weighted by molar-refractivity contribution is 0.552. The average molecular weight is 317 g/mol. The summed E-state index contributed by atoms with van der Waals surface area (Å²) in [6.45, 7) is 1.99. The molecule has 0 saturated heterocycles. The molecule has 22 heavy (non-hydrogen) atoms. The molecule has 0 aliphatic rings. The number of rotatable bonds is 8. The highest BCUT2D eigenvalue weighted by Gasteiger charge is 2.19. The van der Waals surface area contributed by atoms with Crippen LogP contribution in [0.15, 0.2) is 60.7 Å². The molecule has 1 atom stereocenters. The Hall–Kier alpha value is -1.65. The highest BCUT2D eigenvalue weighted by atomic mass is 32.2. The SMILES string of the molecule is CCCCS(=O)(=O)N[C@@H](Cc1ccccc1)c1ccccc1. The van der Waals surface area contributed by atoms with Crippen LogP contribution >= 0.6 is 0 Å². The van der Waals surface area contributed by atoms with Gasteiger partial charge in [0.15, 0.2) is 0 Å². The lowest BCUT2D eigenvalue weighted by Crippen LogP contribution is -2.32. The number of hydrogen-bond acceptors (Lipinski definition) is 2. The van der Waals surface area contributed by atoms with Crippen LogP contribution < -0.4 is 4.72 Å². The molecular weight excluding hydrogens is 294 g/mol. The molecule has 2 aromatic rings. The van der Waals surface area contributed by atoms with Gasteiger partial charge in [-0.15, -0.1) is 0 Å². The monoisotopic (exact) mass is 317 g/mol. The summed E-state index contributed by atoms with van der Waals surface area (Å²) in [4.78, 5) is 0. The molecule has 4 heteroatoms. The van der Waals surface area contributed by atoms with Gasteiger partial charge < -0.3 is 0 Å². The van der Waals surface area contributed by atoms with Crippen molar-refractivity contribution in [1.82, 2.24) is 4.72 Å². The molecule has 0 spiro atoms. The average Bonchev–Trinajstić information content (AvgIpc) is 2.54. The van der Waals surface area contributed by atoms with Crippen LogP contribution in [0.3, 0.4) is 0 Å². The maximum atomic E-state index is 12.3. The third kappa shape index (κ3) is 5.28. The summed E-state index contributed by atoms with van der Waals surface area (Å²) in [5.41, 5.74) is 2.11. The zero-order valence-corrected chi connectivity index (χ0v) is 13.7. The van der Waals surface area contributed by atoms with Gasteiger partial charge in [-0.3, -0.25) is 0 Å². The number of unbranched alkanes of at least 4 members (excludes halogenated alkanes) is 1. The van der Waals surface area contributed by atoms with Gasteiger partial charge in [0.1, 0.15) is 0 Å². The third-order valence-electron chi connectivity index (χ3n) is 3.57. The van der Waals surface area contributed by atoms with Gasteiger partial charge >= 0.3 is 0 Å². The van der Waals surface area contributed by atoms with Crippen molar-refractivity contribution in [2.75, 3.05) is 5.75 Å². The molecule has 0 saturated carbocycles. The van der Waals surface area contributed by atoms with Gasteiger partial charge in [0.25, 0.3) is 0 Å². The molecule has 0 aromatic heterocycles. The first kappa shape index (κ1) is 16.7. The second-order valence-corrected chi connectivity index (χ2v) is 7.32. The fourth-order valence-electron chi connectivity index (χ4n) is 2.37. The van der Waals surface area contributed by atoms with E-state index in [0.29, 0.717) is 12.8 Å². The van der Waals surface area contributed by atoms with Gasteiger partial charge in [0, 0.05) is 0 Å². The number of sulfonamides is 1. The zero-order chi connectivity index (χ0) is 15.8. The van der Waals surface area contributed by atoms with Crippen molar-refractivity contribution in [2.45, 2.75) is 32.2 Å². The highest BCUT2D eigenvalue weighted by Crippen LogP contribution is 2.19. The first-order valence-corrected chi connectivity index (χ1v) is 9.35. The molecule has 118 valence electrons. The van der Waals surface area contributed by atoms with Crippen molar-refractivity contribution in [1.29, 1.82) is 0 Å². The summed E-state index contributed by atoms with van der Waals surface area (Å²) >= 11 is 0. The van der Waals surface area contributed by atoms with Crippen molar-refractivity contribution in [2.24, 2.45) is 0 Å². The summed E-state index contributed by atoms with van der Waals surface area (Å²) in [7, 11) is -3.26. The first-order chi connectivity index (χ1) is 10.6. The third-order valence-corrected chi connectivity index (χ3v) is 5.04. The van der Waals surface area contributed by atoms with E-state index < -0.39 is 10.0 Å². The van der Waals surface area contributed by atoms with Gasteiger partial charge in [-0.25, -0.2) is 13.1 Å². The molecule has 2 rings (SSSR count). The Morgan fingerprint density at radius 3 is 2.14 bits per heavy atom. The lowest BCUT2D eigenvalue weighted by atomic mass is 10.00. The summed E-state index contributed by atoms with van der Waals surface area (Å²) in [5, 5.41) is 0. The Labute approximate surface area is 133 Å². The molecule has 0 aliphatic heterocycles. The maximum absolute atomic E-state index is 12.3. The van der Waals surface area contributed by atoms with Crippen molar-refractivity contribution >= 4 is 10.0 Å². The van der Waals surface area contributed by atoms with Crippen LogP contribution in [0.1, 0.15) is 36.9 Å². The van der Waals surface area contributed by atoms with Crippen LogP contribution in [0.4, 0.5) is 0 Å². The van der Waals surface area contributed by atoms with Gasteiger partial charge in [-0.1, -0.05) is 74.0 Å². The van der Waals surface area contributed by atoms with E-state index in [-0.39, 0.29) is 11.8 Å². The largest absolute Gasteiger partial charge is 0.212 e. The fourth-order valence-corrected chi connectivity index (χ4v) is 3.81. The van der Waals surface area contributed by atoms with Crippen molar-refractivity contribution in [3.63, 3.8) is 0 Å². The van der Waals surface area contributed by atoms with Crippen LogP contribution in [0.2, 0.25) is 0 Å². The van der Waals surface area contributed by atoms with Crippen molar-refractivity contribution in [3.05, 3.63) is 71.8 Å². The van der Waals surface area contributed by atoms with Crippen LogP contribution in [0.5, 0.6) is 0 Å². The summed E-state index contributed by atoms with van der Waals surface area (Å²) < 4.78 is 27.4. The molecular formula is C18H23NO2S. The molecule has 2 aromatic carbocycles.